The molecule has 0 amide bonds. The topological polar surface area (TPSA) is 106 Å². The number of rotatable bonds is 5. The number of anilines is 2. The molecule has 0 saturated carbocycles. The Bertz CT molecular complexity index is 638. The van der Waals surface area contributed by atoms with Gasteiger partial charge in [0.05, 0.1) is 13.2 Å². The fourth-order valence-electron chi connectivity index (χ4n) is 2.60. The number of aliphatic hydroxyl groups excluding tert-OH is 1. The zero-order valence-electron chi connectivity index (χ0n) is 12.4. The van der Waals surface area contributed by atoms with Crippen LogP contribution < -0.4 is 26.8 Å². The van der Waals surface area contributed by atoms with Gasteiger partial charge in [0.2, 0.25) is 0 Å². The van der Waals surface area contributed by atoms with Crippen LogP contribution in [0.25, 0.3) is 0 Å². The molecule has 0 aromatic carbocycles. The Morgan fingerprint density at radius 3 is 2.43 bits per heavy atom. The number of aliphatic hydroxyl groups is 1. The SMILES string of the molecule is COCCN1c2c(n(C)c(=O)n(C)c2=O)N(CCO)C1N. The molecule has 0 aliphatic carbocycles. The number of aromatic nitrogens is 2. The highest BCUT2D eigenvalue weighted by Crippen LogP contribution is 2.33. The maximum Gasteiger partial charge on any atom is 0.332 e. The molecule has 1 unspecified atom stereocenters. The van der Waals surface area contributed by atoms with Crippen molar-refractivity contribution in [2.45, 2.75) is 6.29 Å². The van der Waals surface area contributed by atoms with E-state index < -0.39 is 17.5 Å². The molecule has 0 fully saturated rings. The highest BCUT2D eigenvalue weighted by molar-refractivity contribution is 5.73. The molecule has 9 nitrogen and oxygen atoms in total. The van der Waals surface area contributed by atoms with Crippen molar-refractivity contribution in [2.24, 2.45) is 19.8 Å². The highest BCUT2D eigenvalue weighted by atomic mass is 16.5. The van der Waals surface area contributed by atoms with Crippen LogP contribution in [0.4, 0.5) is 11.5 Å². The monoisotopic (exact) mass is 299 g/mol. The third-order valence-corrected chi connectivity index (χ3v) is 3.69. The third-order valence-electron chi connectivity index (χ3n) is 3.69. The lowest BCUT2D eigenvalue weighted by Gasteiger charge is -2.28. The smallest absolute Gasteiger partial charge is 0.332 e. The molecular formula is C12H21N5O4. The summed E-state index contributed by atoms with van der Waals surface area (Å²) in [5.74, 6) is 0.431. The van der Waals surface area contributed by atoms with E-state index in [1.807, 2.05) is 0 Å². The molecule has 1 aliphatic rings. The molecule has 118 valence electrons. The van der Waals surface area contributed by atoms with Crippen molar-refractivity contribution in [3.63, 3.8) is 0 Å². The van der Waals surface area contributed by atoms with Crippen LogP contribution in [0.1, 0.15) is 0 Å². The lowest BCUT2D eigenvalue weighted by molar-refractivity contribution is 0.203. The van der Waals surface area contributed by atoms with Crippen molar-refractivity contribution in [2.75, 3.05) is 43.2 Å². The summed E-state index contributed by atoms with van der Waals surface area (Å²) in [5.41, 5.74) is 5.69. The van der Waals surface area contributed by atoms with Gasteiger partial charge in [-0.1, -0.05) is 0 Å². The molecule has 0 bridgehead atoms. The van der Waals surface area contributed by atoms with Gasteiger partial charge in [-0.25, -0.2) is 4.79 Å². The Balaban J connectivity index is 2.65. The maximum atomic E-state index is 12.4. The van der Waals surface area contributed by atoms with Gasteiger partial charge in [0.25, 0.3) is 5.56 Å². The number of nitrogens with zero attached hydrogens (tertiary/aromatic N) is 4. The molecular weight excluding hydrogens is 278 g/mol. The number of methoxy groups -OCH3 is 1. The Labute approximate surface area is 121 Å². The van der Waals surface area contributed by atoms with E-state index in [0.29, 0.717) is 24.7 Å². The lowest BCUT2D eigenvalue weighted by atomic mass is 10.4. The summed E-state index contributed by atoms with van der Waals surface area (Å²) in [6.45, 7) is 0.916. The Hall–Kier alpha value is -1.84. The van der Waals surface area contributed by atoms with Gasteiger partial charge in [-0.15, -0.1) is 0 Å². The van der Waals surface area contributed by atoms with E-state index in [1.54, 1.807) is 24.0 Å². The zero-order valence-corrected chi connectivity index (χ0v) is 12.4. The normalized spacial score (nSPS) is 17.5. The summed E-state index contributed by atoms with van der Waals surface area (Å²) in [5, 5.41) is 9.21. The van der Waals surface area contributed by atoms with Crippen LogP contribution >= 0.6 is 0 Å². The van der Waals surface area contributed by atoms with Gasteiger partial charge in [0.15, 0.2) is 6.29 Å². The molecule has 1 aromatic heterocycles. The molecule has 2 rings (SSSR count). The van der Waals surface area contributed by atoms with E-state index in [1.165, 1.54) is 11.6 Å². The van der Waals surface area contributed by atoms with Crippen molar-refractivity contribution in [1.29, 1.82) is 0 Å². The van der Waals surface area contributed by atoms with E-state index in [4.69, 9.17) is 10.5 Å². The average Bonchev–Trinajstić information content (AvgIpc) is 2.74. The second-order valence-electron chi connectivity index (χ2n) is 4.89. The van der Waals surface area contributed by atoms with Gasteiger partial charge in [-0.2, -0.15) is 0 Å². The van der Waals surface area contributed by atoms with Crippen LogP contribution in [0.3, 0.4) is 0 Å². The van der Waals surface area contributed by atoms with Crippen LogP contribution in [0.2, 0.25) is 0 Å². The van der Waals surface area contributed by atoms with E-state index >= 15 is 0 Å². The van der Waals surface area contributed by atoms with Gasteiger partial charge in [-0.3, -0.25) is 19.7 Å². The lowest BCUT2D eigenvalue weighted by Crippen LogP contribution is -2.52. The van der Waals surface area contributed by atoms with Gasteiger partial charge in [0.1, 0.15) is 11.5 Å². The second kappa shape index (κ2) is 5.88. The summed E-state index contributed by atoms with van der Waals surface area (Å²) in [6, 6.07) is 0. The Morgan fingerprint density at radius 1 is 1.19 bits per heavy atom. The molecule has 1 aliphatic heterocycles. The quantitative estimate of drug-likeness (QED) is 0.624. The minimum Gasteiger partial charge on any atom is -0.395 e. The molecule has 1 atom stereocenters. The number of hydrogen-bond donors (Lipinski definition) is 2. The number of ether oxygens (including phenoxy) is 1. The summed E-state index contributed by atoms with van der Waals surface area (Å²) in [6.07, 6.45) is -0.622. The van der Waals surface area contributed by atoms with E-state index in [9.17, 15) is 14.7 Å². The summed E-state index contributed by atoms with van der Waals surface area (Å²) in [4.78, 5) is 27.8. The number of β-amino-alcohol motifs (C(OH)–C–C–N with tert-alkyl or cyclic N) is 1. The molecule has 0 saturated heterocycles. The van der Waals surface area contributed by atoms with Crippen molar-refractivity contribution >= 4 is 11.5 Å². The number of hydrogen-bond acceptors (Lipinski definition) is 7. The summed E-state index contributed by atoms with van der Waals surface area (Å²) < 4.78 is 7.47. The Kier molecular flexibility index (Phi) is 4.35. The van der Waals surface area contributed by atoms with Gasteiger partial charge in [-0.05, 0) is 0 Å². The first kappa shape index (κ1) is 15.5. The van der Waals surface area contributed by atoms with Crippen LogP contribution in [0, 0.1) is 0 Å². The predicted molar refractivity (Wildman–Crippen MR) is 78.6 cm³/mol. The molecule has 21 heavy (non-hydrogen) atoms. The molecule has 0 radical (unpaired) electrons. The van der Waals surface area contributed by atoms with Gasteiger partial charge < -0.3 is 19.6 Å². The molecule has 3 N–H and O–H groups in total. The first-order valence-electron chi connectivity index (χ1n) is 6.64. The van der Waals surface area contributed by atoms with E-state index in [-0.39, 0.29) is 13.2 Å². The van der Waals surface area contributed by atoms with Crippen molar-refractivity contribution in [3.8, 4) is 0 Å². The highest BCUT2D eigenvalue weighted by Gasteiger charge is 2.38. The van der Waals surface area contributed by atoms with Crippen molar-refractivity contribution < 1.29 is 9.84 Å². The standard InChI is InChI=1S/C12H21N5O4/c1-14-9-8(10(19)15(2)12(14)20)16(5-7-21-3)11(13)17(9)4-6-18/h11,18H,4-7,13H2,1-3H3. The second-order valence-corrected chi connectivity index (χ2v) is 4.89. The van der Waals surface area contributed by atoms with Crippen LogP contribution in [0.15, 0.2) is 9.59 Å². The first-order valence-corrected chi connectivity index (χ1v) is 6.64. The minimum absolute atomic E-state index is 0.130. The predicted octanol–water partition coefficient (Wildman–Crippen LogP) is -2.41. The molecule has 9 heteroatoms. The summed E-state index contributed by atoms with van der Waals surface area (Å²) >= 11 is 0. The zero-order chi connectivity index (χ0) is 15.7. The Morgan fingerprint density at radius 2 is 1.86 bits per heavy atom. The van der Waals surface area contributed by atoms with Crippen molar-refractivity contribution in [1.82, 2.24) is 9.13 Å². The largest absolute Gasteiger partial charge is 0.395 e. The van der Waals surface area contributed by atoms with Gasteiger partial charge in [0, 0.05) is 34.3 Å². The fraction of sp³-hybridized carbons (Fsp3) is 0.667. The van der Waals surface area contributed by atoms with E-state index in [0.717, 1.165) is 4.57 Å². The fourth-order valence-corrected chi connectivity index (χ4v) is 2.60. The first-order chi connectivity index (χ1) is 9.95. The molecule has 2 heterocycles. The molecule has 0 spiro atoms. The summed E-state index contributed by atoms with van der Waals surface area (Å²) in [7, 11) is 4.57. The maximum absolute atomic E-state index is 12.4. The minimum atomic E-state index is -0.622. The third kappa shape index (κ3) is 2.33. The van der Waals surface area contributed by atoms with Crippen LogP contribution in [-0.4, -0.2) is 53.9 Å². The number of nitrogens with two attached hydrogens (primary N) is 1. The number of fused-ring (bicyclic) bond motifs is 1. The van der Waals surface area contributed by atoms with E-state index in [2.05, 4.69) is 0 Å². The molecule has 1 aromatic rings. The average molecular weight is 299 g/mol. The van der Waals surface area contributed by atoms with Gasteiger partial charge >= 0.3 is 5.69 Å². The van der Waals surface area contributed by atoms with Crippen LogP contribution in [-0.2, 0) is 18.8 Å². The van der Waals surface area contributed by atoms with Crippen LogP contribution in [0.5, 0.6) is 0 Å². The van der Waals surface area contributed by atoms with Crippen molar-refractivity contribution in [3.05, 3.63) is 20.8 Å².